The Morgan fingerprint density at radius 2 is 2.05 bits per heavy atom. The zero-order chi connectivity index (χ0) is 14.5. The van der Waals surface area contributed by atoms with E-state index in [1.807, 2.05) is 4.90 Å². The van der Waals surface area contributed by atoms with Crippen molar-refractivity contribution < 1.29 is 13.6 Å². The van der Waals surface area contributed by atoms with Gasteiger partial charge in [-0.25, -0.2) is 8.78 Å². The molecule has 6 heteroatoms. The number of carbonyl (C=O) groups is 1. The fourth-order valence-electron chi connectivity index (χ4n) is 2.45. The number of hydrogen-bond acceptors (Lipinski definition) is 3. The molecule has 1 saturated heterocycles. The molecule has 20 heavy (non-hydrogen) atoms. The minimum atomic E-state index is -0.431. The van der Waals surface area contributed by atoms with E-state index in [1.165, 1.54) is 6.07 Å². The summed E-state index contributed by atoms with van der Waals surface area (Å²) in [6.07, 6.45) is 1.73. The minimum absolute atomic E-state index is 0.252. The SMILES string of the molecule is NC(=O)CN1CCC(NCc2cc(F)ccc2F)CC1. The second kappa shape index (κ2) is 6.76. The maximum atomic E-state index is 13.5. The molecule has 0 saturated carbocycles. The summed E-state index contributed by atoms with van der Waals surface area (Å²) in [6, 6.07) is 3.72. The summed E-state index contributed by atoms with van der Waals surface area (Å²) in [5, 5.41) is 3.23. The summed E-state index contributed by atoms with van der Waals surface area (Å²) in [5.41, 5.74) is 5.49. The molecule has 1 aromatic rings. The van der Waals surface area contributed by atoms with E-state index in [9.17, 15) is 13.6 Å². The van der Waals surface area contributed by atoms with Gasteiger partial charge >= 0.3 is 0 Å². The highest BCUT2D eigenvalue weighted by molar-refractivity contribution is 5.75. The van der Waals surface area contributed by atoms with Gasteiger partial charge < -0.3 is 11.1 Å². The van der Waals surface area contributed by atoms with Crippen molar-refractivity contribution in [3.05, 3.63) is 35.4 Å². The normalized spacial score (nSPS) is 17.3. The van der Waals surface area contributed by atoms with Crippen molar-refractivity contribution in [3.8, 4) is 0 Å². The second-order valence-corrected chi connectivity index (χ2v) is 5.13. The van der Waals surface area contributed by atoms with Crippen LogP contribution in [-0.2, 0) is 11.3 Å². The first-order valence-electron chi connectivity index (χ1n) is 6.72. The van der Waals surface area contributed by atoms with E-state index in [4.69, 9.17) is 5.73 Å². The van der Waals surface area contributed by atoms with Crippen LogP contribution in [-0.4, -0.2) is 36.5 Å². The van der Waals surface area contributed by atoms with Crippen molar-refractivity contribution >= 4 is 5.91 Å². The van der Waals surface area contributed by atoms with Gasteiger partial charge in [0, 0.05) is 31.2 Å². The average molecular weight is 283 g/mol. The largest absolute Gasteiger partial charge is 0.369 e. The Balaban J connectivity index is 1.78. The Hall–Kier alpha value is -1.53. The highest BCUT2D eigenvalue weighted by Gasteiger charge is 2.19. The van der Waals surface area contributed by atoms with Crippen LogP contribution in [0.15, 0.2) is 18.2 Å². The molecule has 1 fully saturated rings. The summed E-state index contributed by atoms with van der Waals surface area (Å²) in [6.45, 7) is 2.16. The molecule has 4 nitrogen and oxygen atoms in total. The van der Waals surface area contributed by atoms with Crippen molar-refractivity contribution in [3.63, 3.8) is 0 Å². The summed E-state index contributed by atoms with van der Waals surface area (Å²) >= 11 is 0. The summed E-state index contributed by atoms with van der Waals surface area (Å²) in [4.78, 5) is 12.8. The molecule has 0 aliphatic carbocycles. The molecular formula is C14H19F2N3O. The maximum absolute atomic E-state index is 13.5. The van der Waals surface area contributed by atoms with Gasteiger partial charge in [-0.1, -0.05) is 0 Å². The molecule has 0 bridgehead atoms. The minimum Gasteiger partial charge on any atom is -0.369 e. The molecule has 0 atom stereocenters. The molecule has 1 amide bonds. The van der Waals surface area contributed by atoms with E-state index >= 15 is 0 Å². The first kappa shape index (κ1) is 14.9. The number of piperidine rings is 1. The number of nitrogens with two attached hydrogens (primary N) is 1. The molecule has 1 aliphatic rings. The fraction of sp³-hybridized carbons (Fsp3) is 0.500. The van der Waals surface area contributed by atoms with Crippen molar-refractivity contribution in [1.29, 1.82) is 0 Å². The van der Waals surface area contributed by atoms with Gasteiger partial charge in [-0.15, -0.1) is 0 Å². The van der Waals surface area contributed by atoms with Gasteiger partial charge in [-0.3, -0.25) is 9.69 Å². The van der Waals surface area contributed by atoms with Crippen LogP contribution in [0.25, 0.3) is 0 Å². The number of hydrogen-bond donors (Lipinski definition) is 2. The predicted molar refractivity (Wildman–Crippen MR) is 71.9 cm³/mol. The van der Waals surface area contributed by atoms with Crippen LogP contribution in [0.1, 0.15) is 18.4 Å². The van der Waals surface area contributed by atoms with Crippen molar-refractivity contribution in [2.75, 3.05) is 19.6 Å². The molecule has 110 valence electrons. The van der Waals surface area contributed by atoms with Gasteiger partial charge in [0.2, 0.25) is 5.91 Å². The van der Waals surface area contributed by atoms with Crippen LogP contribution in [0.3, 0.4) is 0 Å². The molecule has 0 spiro atoms. The van der Waals surface area contributed by atoms with Gasteiger partial charge in [0.05, 0.1) is 6.54 Å². The summed E-state index contributed by atoms with van der Waals surface area (Å²) in [5.74, 6) is -1.15. The molecule has 2 rings (SSSR count). The molecule has 1 aliphatic heterocycles. The van der Waals surface area contributed by atoms with Gasteiger partial charge in [-0.2, -0.15) is 0 Å². The monoisotopic (exact) mass is 283 g/mol. The maximum Gasteiger partial charge on any atom is 0.231 e. The number of carbonyl (C=O) groups excluding carboxylic acids is 1. The second-order valence-electron chi connectivity index (χ2n) is 5.13. The standard InChI is InChI=1S/C14H19F2N3O/c15-11-1-2-13(16)10(7-11)8-18-12-3-5-19(6-4-12)9-14(17)20/h1-2,7,12,18H,3-6,8-9H2,(H2,17,20). The number of halogens is 2. The summed E-state index contributed by atoms with van der Waals surface area (Å²) < 4.78 is 26.5. The van der Waals surface area contributed by atoms with Crippen LogP contribution in [0.5, 0.6) is 0 Å². The highest BCUT2D eigenvalue weighted by atomic mass is 19.1. The van der Waals surface area contributed by atoms with Gasteiger partial charge in [0.15, 0.2) is 0 Å². The lowest BCUT2D eigenvalue weighted by molar-refractivity contribution is -0.119. The first-order chi connectivity index (χ1) is 9.54. The lowest BCUT2D eigenvalue weighted by Gasteiger charge is -2.31. The Bertz CT molecular complexity index is 473. The zero-order valence-electron chi connectivity index (χ0n) is 11.2. The highest BCUT2D eigenvalue weighted by Crippen LogP contribution is 2.13. The van der Waals surface area contributed by atoms with Crippen LogP contribution in [0.2, 0.25) is 0 Å². The van der Waals surface area contributed by atoms with Gasteiger partial charge in [0.1, 0.15) is 11.6 Å². The van der Waals surface area contributed by atoms with Crippen LogP contribution in [0, 0.1) is 11.6 Å². The predicted octanol–water partition coefficient (Wildman–Crippen LogP) is 1.00. The van der Waals surface area contributed by atoms with E-state index in [-0.39, 0.29) is 18.5 Å². The molecule has 1 heterocycles. The molecule has 0 unspecified atom stereocenters. The Morgan fingerprint density at radius 1 is 1.35 bits per heavy atom. The van der Waals surface area contributed by atoms with Gasteiger partial charge in [0.25, 0.3) is 0 Å². The number of primary amides is 1. The van der Waals surface area contributed by atoms with Crippen LogP contribution >= 0.6 is 0 Å². The molecule has 0 aromatic heterocycles. The Labute approximate surface area is 116 Å². The Morgan fingerprint density at radius 3 is 2.70 bits per heavy atom. The molecule has 1 aromatic carbocycles. The third-order valence-electron chi connectivity index (χ3n) is 3.56. The fourth-order valence-corrected chi connectivity index (χ4v) is 2.45. The number of amides is 1. The molecule has 0 radical (unpaired) electrons. The number of likely N-dealkylation sites (tertiary alicyclic amines) is 1. The smallest absolute Gasteiger partial charge is 0.231 e. The van der Waals surface area contributed by atoms with E-state index in [1.54, 1.807) is 0 Å². The van der Waals surface area contributed by atoms with Gasteiger partial charge in [-0.05, 0) is 31.0 Å². The number of benzene rings is 1. The third kappa shape index (κ3) is 4.25. The van der Waals surface area contributed by atoms with Crippen molar-refractivity contribution in [2.24, 2.45) is 5.73 Å². The zero-order valence-corrected chi connectivity index (χ0v) is 11.2. The van der Waals surface area contributed by atoms with E-state index < -0.39 is 11.6 Å². The van der Waals surface area contributed by atoms with E-state index in [2.05, 4.69) is 5.32 Å². The first-order valence-corrected chi connectivity index (χ1v) is 6.72. The van der Waals surface area contributed by atoms with E-state index in [0.717, 1.165) is 38.1 Å². The number of nitrogens with one attached hydrogen (secondary N) is 1. The van der Waals surface area contributed by atoms with E-state index in [0.29, 0.717) is 12.1 Å². The van der Waals surface area contributed by atoms with Crippen molar-refractivity contribution in [2.45, 2.75) is 25.4 Å². The van der Waals surface area contributed by atoms with Crippen LogP contribution < -0.4 is 11.1 Å². The lowest BCUT2D eigenvalue weighted by atomic mass is 10.0. The lowest BCUT2D eigenvalue weighted by Crippen LogP contribution is -2.45. The number of nitrogens with zero attached hydrogens (tertiary/aromatic N) is 1. The summed E-state index contributed by atoms with van der Waals surface area (Å²) in [7, 11) is 0. The van der Waals surface area contributed by atoms with Crippen LogP contribution in [0.4, 0.5) is 8.78 Å². The average Bonchev–Trinajstić information content (AvgIpc) is 2.41. The quantitative estimate of drug-likeness (QED) is 0.848. The third-order valence-corrected chi connectivity index (χ3v) is 3.56. The molecular weight excluding hydrogens is 264 g/mol. The van der Waals surface area contributed by atoms with Crippen molar-refractivity contribution in [1.82, 2.24) is 10.2 Å². The number of rotatable bonds is 5. The topological polar surface area (TPSA) is 58.4 Å². The molecule has 3 N–H and O–H groups in total. The Kier molecular flexibility index (Phi) is 5.03.